The van der Waals surface area contributed by atoms with Gasteiger partial charge in [0.15, 0.2) is 0 Å². The van der Waals surface area contributed by atoms with Crippen molar-refractivity contribution < 1.29 is 33.3 Å². The molecule has 0 saturated carbocycles. The number of hydrogen-bond acceptors (Lipinski definition) is 7. The van der Waals surface area contributed by atoms with Crippen molar-refractivity contribution >= 4 is 18.1 Å². The number of nitrogens with one attached hydrogen (secondary N) is 3. The van der Waals surface area contributed by atoms with E-state index in [9.17, 15) is 14.4 Å². The topological polar surface area (TPSA) is 124 Å². The first-order valence-electron chi connectivity index (χ1n) is 14.7. The molecule has 42 heavy (non-hydrogen) atoms. The Bertz CT molecular complexity index is 1120. The van der Waals surface area contributed by atoms with Gasteiger partial charge in [-0.3, -0.25) is 4.79 Å². The molecule has 0 fully saturated rings. The lowest BCUT2D eigenvalue weighted by atomic mass is 9.98. The van der Waals surface area contributed by atoms with Gasteiger partial charge in [-0.2, -0.15) is 0 Å². The number of ether oxygens (including phenoxy) is 4. The summed E-state index contributed by atoms with van der Waals surface area (Å²) in [6.45, 7) is 10.0. The predicted molar refractivity (Wildman–Crippen MR) is 160 cm³/mol. The summed E-state index contributed by atoms with van der Waals surface area (Å²) in [6.07, 6.45) is 0.421. The quantitative estimate of drug-likeness (QED) is 0.244. The fourth-order valence-electron chi connectivity index (χ4n) is 4.77. The number of unbranched alkanes of at least 4 members (excludes halogenated alkanes) is 1. The van der Waals surface area contributed by atoms with Gasteiger partial charge in [-0.15, -0.1) is 0 Å². The van der Waals surface area contributed by atoms with Gasteiger partial charge in [0.05, 0.1) is 19.8 Å². The van der Waals surface area contributed by atoms with Gasteiger partial charge in [0.2, 0.25) is 5.91 Å². The molecular formula is C32H45N3O7. The highest BCUT2D eigenvalue weighted by atomic mass is 16.6. The second-order valence-electron chi connectivity index (χ2n) is 11.0. The van der Waals surface area contributed by atoms with E-state index < -0.39 is 23.8 Å². The van der Waals surface area contributed by atoms with E-state index in [4.69, 9.17) is 18.9 Å². The van der Waals surface area contributed by atoms with Crippen LogP contribution >= 0.6 is 0 Å². The van der Waals surface area contributed by atoms with Crippen LogP contribution in [0, 0.1) is 0 Å². The van der Waals surface area contributed by atoms with Crippen molar-refractivity contribution in [3.63, 3.8) is 0 Å². The van der Waals surface area contributed by atoms with Crippen LogP contribution < -0.4 is 16.0 Å². The molecule has 0 radical (unpaired) electrons. The van der Waals surface area contributed by atoms with E-state index in [0.717, 1.165) is 11.1 Å². The lowest BCUT2D eigenvalue weighted by Crippen LogP contribution is -2.48. The van der Waals surface area contributed by atoms with Gasteiger partial charge in [-0.1, -0.05) is 48.5 Å². The average molecular weight is 584 g/mol. The van der Waals surface area contributed by atoms with Crippen LogP contribution in [0.25, 0.3) is 11.1 Å². The van der Waals surface area contributed by atoms with E-state index in [-0.39, 0.29) is 18.4 Å². The molecule has 3 amide bonds. The van der Waals surface area contributed by atoms with Crippen LogP contribution in [0.2, 0.25) is 0 Å². The second-order valence-corrected chi connectivity index (χ2v) is 11.0. The number of benzene rings is 2. The largest absolute Gasteiger partial charge is 0.449 e. The van der Waals surface area contributed by atoms with E-state index in [1.54, 1.807) is 20.8 Å². The van der Waals surface area contributed by atoms with E-state index in [0.29, 0.717) is 58.8 Å². The second kappa shape index (κ2) is 16.7. The summed E-state index contributed by atoms with van der Waals surface area (Å²) in [5.41, 5.74) is 3.98. The van der Waals surface area contributed by atoms with Crippen molar-refractivity contribution in [3.8, 4) is 11.1 Å². The molecule has 0 spiro atoms. The smallest absolute Gasteiger partial charge is 0.408 e. The molecule has 0 saturated heterocycles. The number of amides is 3. The predicted octanol–water partition coefficient (Wildman–Crippen LogP) is 4.76. The lowest BCUT2D eigenvalue weighted by Gasteiger charge is -2.23. The zero-order valence-electron chi connectivity index (χ0n) is 25.2. The maximum absolute atomic E-state index is 12.8. The monoisotopic (exact) mass is 583 g/mol. The SMILES string of the molecule is CCOCCOCCNC(=O)C(CCCCNC(=O)OCC1c2ccccc2-c2ccccc21)NC(=O)OC(C)(C)C. The number of hydrogen-bond donors (Lipinski definition) is 3. The number of carbonyl (C=O) groups is 3. The lowest BCUT2D eigenvalue weighted by molar-refractivity contribution is -0.123. The van der Waals surface area contributed by atoms with Crippen molar-refractivity contribution in [1.82, 2.24) is 16.0 Å². The summed E-state index contributed by atoms with van der Waals surface area (Å²) < 4.78 is 21.6. The average Bonchev–Trinajstić information content (AvgIpc) is 3.27. The fourth-order valence-corrected chi connectivity index (χ4v) is 4.77. The molecule has 0 aliphatic heterocycles. The van der Waals surface area contributed by atoms with Gasteiger partial charge in [0.1, 0.15) is 18.2 Å². The maximum atomic E-state index is 12.8. The molecule has 1 aliphatic rings. The minimum Gasteiger partial charge on any atom is -0.449 e. The normalized spacial score (nSPS) is 13.0. The first-order chi connectivity index (χ1) is 20.2. The minimum absolute atomic E-state index is 0.00331. The third-order valence-electron chi connectivity index (χ3n) is 6.66. The zero-order valence-corrected chi connectivity index (χ0v) is 25.2. The van der Waals surface area contributed by atoms with Crippen LogP contribution in [0.5, 0.6) is 0 Å². The van der Waals surface area contributed by atoms with E-state index >= 15 is 0 Å². The molecule has 230 valence electrons. The Morgan fingerprint density at radius 3 is 2.10 bits per heavy atom. The summed E-state index contributed by atoms with van der Waals surface area (Å²) in [5, 5.41) is 8.25. The number of alkyl carbamates (subject to hydrolysis) is 2. The molecule has 3 rings (SSSR count). The molecule has 1 unspecified atom stereocenters. The van der Waals surface area contributed by atoms with Crippen LogP contribution in [0.1, 0.15) is 64.0 Å². The Hall–Kier alpha value is -3.63. The first kappa shape index (κ1) is 32.9. The summed E-state index contributed by atoms with van der Waals surface area (Å²) in [7, 11) is 0. The Morgan fingerprint density at radius 1 is 0.810 bits per heavy atom. The molecule has 0 aromatic heterocycles. The first-order valence-corrected chi connectivity index (χ1v) is 14.7. The number of carbonyl (C=O) groups excluding carboxylic acids is 3. The van der Waals surface area contributed by atoms with Gasteiger partial charge in [0, 0.05) is 25.6 Å². The number of fused-ring (bicyclic) bond motifs is 3. The minimum atomic E-state index is -0.780. The molecule has 0 heterocycles. The highest BCUT2D eigenvalue weighted by molar-refractivity contribution is 5.85. The third-order valence-corrected chi connectivity index (χ3v) is 6.66. The van der Waals surface area contributed by atoms with Crippen LogP contribution in [0.4, 0.5) is 9.59 Å². The Morgan fingerprint density at radius 2 is 1.45 bits per heavy atom. The fraction of sp³-hybridized carbons (Fsp3) is 0.531. The molecule has 3 N–H and O–H groups in total. The molecular weight excluding hydrogens is 538 g/mol. The van der Waals surface area contributed by atoms with Crippen molar-refractivity contribution in [2.75, 3.05) is 46.1 Å². The van der Waals surface area contributed by atoms with E-state index in [1.807, 2.05) is 31.2 Å². The molecule has 2 aromatic rings. The Balaban J connectivity index is 1.40. The van der Waals surface area contributed by atoms with Gasteiger partial charge in [-0.05, 0) is 69.2 Å². The maximum Gasteiger partial charge on any atom is 0.408 e. The van der Waals surface area contributed by atoms with Gasteiger partial charge in [0.25, 0.3) is 0 Å². The van der Waals surface area contributed by atoms with Crippen LogP contribution in [-0.4, -0.2) is 75.9 Å². The molecule has 10 nitrogen and oxygen atoms in total. The summed E-state index contributed by atoms with van der Waals surface area (Å²) >= 11 is 0. The number of rotatable bonds is 16. The third kappa shape index (κ3) is 10.6. The summed E-state index contributed by atoms with van der Waals surface area (Å²) in [4.78, 5) is 37.6. The highest BCUT2D eigenvalue weighted by Crippen LogP contribution is 2.44. The van der Waals surface area contributed by atoms with Crippen LogP contribution in [-0.2, 0) is 23.7 Å². The van der Waals surface area contributed by atoms with Crippen molar-refractivity contribution in [3.05, 3.63) is 59.7 Å². The summed E-state index contributed by atoms with van der Waals surface area (Å²) in [6, 6.07) is 15.6. The molecule has 1 aliphatic carbocycles. The zero-order chi connectivity index (χ0) is 30.4. The molecule has 0 bridgehead atoms. The standard InChI is InChI=1S/C32H45N3O7/c1-5-39-20-21-40-19-18-33-29(36)28(35-31(38)42-32(2,3)4)16-10-11-17-34-30(37)41-22-27-25-14-8-6-12-23(25)24-13-7-9-15-26(24)27/h6-9,12-15,27-28H,5,10-11,16-22H2,1-4H3,(H,33,36)(H,34,37)(H,35,38). The van der Waals surface area contributed by atoms with Crippen LogP contribution in [0.15, 0.2) is 48.5 Å². The van der Waals surface area contributed by atoms with E-state index in [1.165, 1.54) is 11.1 Å². The molecule has 10 heteroatoms. The van der Waals surface area contributed by atoms with Crippen molar-refractivity contribution in [2.24, 2.45) is 0 Å². The van der Waals surface area contributed by atoms with E-state index in [2.05, 4.69) is 40.2 Å². The Kier molecular flexibility index (Phi) is 13.1. The van der Waals surface area contributed by atoms with Crippen molar-refractivity contribution in [2.45, 2.75) is 64.5 Å². The van der Waals surface area contributed by atoms with Gasteiger partial charge in [-0.25, -0.2) is 9.59 Å². The van der Waals surface area contributed by atoms with Gasteiger partial charge >= 0.3 is 12.2 Å². The van der Waals surface area contributed by atoms with Crippen molar-refractivity contribution in [1.29, 1.82) is 0 Å². The highest BCUT2D eigenvalue weighted by Gasteiger charge is 2.29. The van der Waals surface area contributed by atoms with Gasteiger partial charge < -0.3 is 34.9 Å². The summed E-state index contributed by atoms with van der Waals surface area (Å²) in [5.74, 6) is -0.324. The van der Waals surface area contributed by atoms with Crippen LogP contribution in [0.3, 0.4) is 0 Å². The molecule has 2 aromatic carbocycles. The Labute approximate surface area is 248 Å². The molecule has 1 atom stereocenters.